The van der Waals surface area contributed by atoms with Gasteiger partial charge in [0.05, 0.1) is 11.8 Å². The van der Waals surface area contributed by atoms with E-state index in [4.69, 9.17) is 0 Å². The van der Waals surface area contributed by atoms with Crippen molar-refractivity contribution in [2.75, 3.05) is 26.2 Å². The van der Waals surface area contributed by atoms with Gasteiger partial charge in [-0.2, -0.15) is 0 Å². The third-order valence-corrected chi connectivity index (χ3v) is 6.12. The maximum atomic E-state index is 13.0. The summed E-state index contributed by atoms with van der Waals surface area (Å²) >= 11 is 0. The molecule has 1 heterocycles. The van der Waals surface area contributed by atoms with Gasteiger partial charge < -0.3 is 10.6 Å². The summed E-state index contributed by atoms with van der Waals surface area (Å²) in [5.74, 6) is 0.565. The summed E-state index contributed by atoms with van der Waals surface area (Å²) in [4.78, 5) is 31.4. The summed E-state index contributed by atoms with van der Waals surface area (Å²) in [6.45, 7) is 4.06. The highest BCUT2D eigenvalue weighted by atomic mass is 127. The number of nitrogens with zero attached hydrogens (tertiary/aromatic N) is 2. The van der Waals surface area contributed by atoms with Crippen LogP contribution in [0.25, 0.3) is 0 Å². The minimum Gasteiger partial charge on any atom is -0.357 e. The molecule has 0 aromatic heterocycles. The molecule has 4 atom stereocenters. The van der Waals surface area contributed by atoms with Crippen LogP contribution in [-0.4, -0.2) is 48.9 Å². The van der Waals surface area contributed by atoms with E-state index in [2.05, 4.69) is 27.8 Å². The molecular formula is C22H28FIN4O2. The van der Waals surface area contributed by atoms with Crippen molar-refractivity contribution in [3.63, 3.8) is 0 Å². The van der Waals surface area contributed by atoms with Crippen LogP contribution in [0, 0.1) is 29.5 Å². The van der Waals surface area contributed by atoms with E-state index < -0.39 is 0 Å². The van der Waals surface area contributed by atoms with Crippen LogP contribution in [0.15, 0.2) is 41.4 Å². The average molecular weight is 526 g/mol. The molecule has 1 aromatic rings. The molecule has 162 valence electrons. The lowest BCUT2D eigenvalue weighted by Gasteiger charge is -2.18. The molecule has 1 aromatic carbocycles. The van der Waals surface area contributed by atoms with Crippen LogP contribution in [0.1, 0.15) is 18.9 Å². The molecule has 2 aliphatic carbocycles. The lowest BCUT2D eigenvalue weighted by molar-refractivity contribution is -0.140. The number of rotatable bonds is 7. The van der Waals surface area contributed by atoms with Crippen LogP contribution >= 0.6 is 24.0 Å². The van der Waals surface area contributed by atoms with Gasteiger partial charge >= 0.3 is 0 Å². The predicted molar refractivity (Wildman–Crippen MR) is 124 cm³/mol. The fraction of sp³-hybridized carbons (Fsp3) is 0.500. The number of halogens is 2. The molecule has 1 saturated carbocycles. The van der Waals surface area contributed by atoms with E-state index in [9.17, 15) is 14.0 Å². The van der Waals surface area contributed by atoms with E-state index in [0.717, 1.165) is 12.0 Å². The predicted octanol–water partition coefficient (Wildman–Crippen LogP) is 2.35. The van der Waals surface area contributed by atoms with Crippen molar-refractivity contribution in [2.45, 2.75) is 19.8 Å². The van der Waals surface area contributed by atoms with Crippen molar-refractivity contribution < 1.29 is 14.0 Å². The topological polar surface area (TPSA) is 73.8 Å². The van der Waals surface area contributed by atoms with Crippen LogP contribution in [0.2, 0.25) is 0 Å². The monoisotopic (exact) mass is 526 g/mol. The molecule has 30 heavy (non-hydrogen) atoms. The molecule has 4 unspecified atom stereocenters. The van der Waals surface area contributed by atoms with E-state index in [1.807, 2.05) is 6.92 Å². The Hall–Kier alpha value is -1.97. The van der Waals surface area contributed by atoms with Crippen LogP contribution in [0.3, 0.4) is 0 Å². The first-order valence-corrected chi connectivity index (χ1v) is 10.4. The number of guanidine groups is 1. The fourth-order valence-corrected chi connectivity index (χ4v) is 4.76. The number of nitrogens with one attached hydrogen (secondary N) is 2. The number of allylic oxidation sites excluding steroid dienone is 2. The summed E-state index contributed by atoms with van der Waals surface area (Å²) in [6, 6.07) is 6.41. The van der Waals surface area contributed by atoms with Gasteiger partial charge in [0, 0.05) is 26.2 Å². The van der Waals surface area contributed by atoms with Gasteiger partial charge in [-0.05, 0) is 49.3 Å². The zero-order valence-electron chi connectivity index (χ0n) is 17.0. The van der Waals surface area contributed by atoms with E-state index in [-0.39, 0.29) is 65.3 Å². The molecule has 2 fully saturated rings. The Bertz CT molecular complexity index is 812. The molecule has 0 spiro atoms. The highest BCUT2D eigenvalue weighted by molar-refractivity contribution is 14.0. The summed E-state index contributed by atoms with van der Waals surface area (Å²) in [5, 5.41) is 6.38. The first-order chi connectivity index (χ1) is 14.1. The summed E-state index contributed by atoms with van der Waals surface area (Å²) < 4.78 is 13.0. The van der Waals surface area contributed by atoms with Crippen molar-refractivity contribution >= 4 is 41.8 Å². The van der Waals surface area contributed by atoms with Crippen molar-refractivity contribution in [3.05, 3.63) is 47.8 Å². The standard InChI is InChI=1S/C22H27FN4O2.HI/c1-2-24-22(25-10-9-14-3-7-17(23)8-4-14)26-11-12-27-20(28)18-15-5-6-16(13-15)19(18)21(27)29;/h3-8,15-16,18-19H,2,9-13H2,1H3,(H2,24,25,26);1H. The Kier molecular flexibility index (Phi) is 7.49. The minimum atomic E-state index is -0.244. The van der Waals surface area contributed by atoms with Crippen molar-refractivity contribution in [3.8, 4) is 0 Å². The molecule has 2 N–H and O–H groups in total. The molecule has 6 nitrogen and oxygen atoms in total. The van der Waals surface area contributed by atoms with Gasteiger partial charge in [-0.1, -0.05) is 24.3 Å². The molecular weight excluding hydrogens is 498 g/mol. The largest absolute Gasteiger partial charge is 0.357 e. The fourth-order valence-electron chi connectivity index (χ4n) is 4.76. The van der Waals surface area contributed by atoms with Crippen LogP contribution in [0.5, 0.6) is 0 Å². The Labute approximate surface area is 193 Å². The van der Waals surface area contributed by atoms with Crippen molar-refractivity contribution in [2.24, 2.45) is 28.7 Å². The minimum absolute atomic E-state index is 0. The zero-order chi connectivity index (χ0) is 20.4. The lowest BCUT2D eigenvalue weighted by Crippen LogP contribution is -2.43. The second-order valence-electron chi connectivity index (χ2n) is 7.89. The number of imide groups is 1. The number of hydrogen-bond acceptors (Lipinski definition) is 3. The molecule has 2 bridgehead atoms. The molecule has 2 amide bonds. The van der Waals surface area contributed by atoms with Crippen molar-refractivity contribution in [1.82, 2.24) is 15.5 Å². The second-order valence-corrected chi connectivity index (χ2v) is 7.89. The van der Waals surface area contributed by atoms with E-state index in [1.165, 1.54) is 17.0 Å². The molecule has 1 saturated heterocycles. The highest BCUT2D eigenvalue weighted by Crippen LogP contribution is 2.52. The first kappa shape index (κ1) is 22.7. The molecule has 1 aliphatic heterocycles. The summed E-state index contributed by atoms with van der Waals surface area (Å²) in [7, 11) is 0. The number of amides is 2. The maximum absolute atomic E-state index is 13.0. The van der Waals surface area contributed by atoms with Crippen LogP contribution in [-0.2, 0) is 16.0 Å². The average Bonchev–Trinajstić information content (AvgIpc) is 3.39. The Balaban J connectivity index is 0.00000256. The number of benzene rings is 1. The Morgan fingerprint density at radius 3 is 2.33 bits per heavy atom. The Morgan fingerprint density at radius 1 is 1.10 bits per heavy atom. The van der Waals surface area contributed by atoms with Crippen molar-refractivity contribution in [1.29, 1.82) is 0 Å². The normalized spacial score (nSPS) is 26.7. The maximum Gasteiger partial charge on any atom is 0.233 e. The number of hydrogen-bond donors (Lipinski definition) is 2. The smallest absolute Gasteiger partial charge is 0.233 e. The van der Waals surface area contributed by atoms with Gasteiger partial charge in [0.2, 0.25) is 11.8 Å². The molecule has 3 aliphatic rings. The lowest BCUT2D eigenvalue weighted by atomic mass is 9.85. The number of carbonyl (C=O) groups is 2. The number of fused-ring (bicyclic) bond motifs is 5. The molecule has 8 heteroatoms. The zero-order valence-corrected chi connectivity index (χ0v) is 19.3. The van der Waals surface area contributed by atoms with Crippen LogP contribution < -0.4 is 10.6 Å². The van der Waals surface area contributed by atoms with Gasteiger partial charge in [-0.3, -0.25) is 19.5 Å². The van der Waals surface area contributed by atoms with E-state index in [1.54, 1.807) is 12.1 Å². The second kappa shape index (κ2) is 9.89. The SMILES string of the molecule is CCNC(=NCCc1ccc(F)cc1)NCCN1C(=O)C2C3C=CC(C3)C2C1=O.I. The van der Waals surface area contributed by atoms with Gasteiger partial charge in [-0.25, -0.2) is 4.39 Å². The third kappa shape index (κ3) is 4.53. The molecule has 0 radical (unpaired) electrons. The quantitative estimate of drug-likeness (QED) is 0.188. The number of carbonyl (C=O) groups excluding carboxylic acids is 2. The number of likely N-dealkylation sites (tertiary alicyclic amines) is 1. The van der Waals surface area contributed by atoms with Gasteiger partial charge in [0.15, 0.2) is 5.96 Å². The van der Waals surface area contributed by atoms with Crippen LogP contribution in [0.4, 0.5) is 4.39 Å². The summed E-state index contributed by atoms with van der Waals surface area (Å²) in [6.07, 6.45) is 5.87. The van der Waals surface area contributed by atoms with Gasteiger partial charge in [0.1, 0.15) is 5.82 Å². The van der Waals surface area contributed by atoms with Gasteiger partial charge in [-0.15, -0.1) is 24.0 Å². The molecule has 4 rings (SSSR count). The number of aliphatic imine (C=N–C) groups is 1. The van der Waals surface area contributed by atoms with E-state index in [0.29, 0.717) is 38.6 Å². The first-order valence-electron chi connectivity index (χ1n) is 10.4. The third-order valence-electron chi connectivity index (χ3n) is 6.12. The summed E-state index contributed by atoms with van der Waals surface area (Å²) in [5.41, 5.74) is 1.02. The Morgan fingerprint density at radius 2 is 1.73 bits per heavy atom. The van der Waals surface area contributed by atoms with Gasteiger partial charge in [0.25, 0.3) is 0 Å². The van der Waals surface area contributed by atoms with E-state index >= 15 is 0 Å². The highest BCUT2D eigenvalue weighted by Gasteiger charge is 2.58.